The summed E-state index contributed by atoms with van der Waals surface area (Å²) in [6.45, 7) is 6.90. The highest BCUT2D eigenvalue weighted by Crippen LogP contribution is 2.04. The van der Waals surface area contributed by atoms with Crippen LogP contribution in [-0.4, -0.2) is 12.6 Å². The zero-order chi connectivity index (χ0) is 9.40. The maximum atomic E-state index is 11.0. The molecule has 0 spiro atoms. The SMILES string of the molecule is CCCCOC(=O)CCC(C)C. The van der Waals surface area contributed by atoms with Crippen LogP contribution in [0.5, 0.6) is 0 Å². The van der Waals surface area contributed by atoms with Crippen molar-refractivity contribution in [3.63, 3.8) is 0 Å². The van der Waals surface area contributed by atoms with Crippen molar-refractivity contribution in [1.82, 2.24) is 0 Å². The van der Waals surface area contributed by atoms with Crippen LogP contribution in [-0.2, 0) is 9.53 Å². The largest absolute Gasteiger partial charge is 0.466 e. The molecule has 0 saturated carbocycles. The number of ether oxygens (including phenoxy) is 1. The summed E-state index contributed by atoms with van der Waals surface area (Å²) >= 11 is 0. The molecule has 0 bridgehead atoms. The molecule has 0 saturated heterocycles. The first kappa shape index (κ1) is 11.5. The predicted molar refractivity (Wildman–Crippen MR) is 49.9 cm³/mol. The molecule has 0 aromatic carbocycles. The summed E-state index contributed by atoms with van der Waals surface area (Å²) in [5, 5.41) is 0. The number of esters is 1. The highest BCUT2D eigenvalue weighted by molar-refractivity contribution is 5.69. The molecule has 0 amide bonds. The van der Waals surface area contributed by atoms with Crippen molar-refractivity contribution in [3.05, 3.63) is 0 Å². The van der Waals surface area contributed by atoms with Gasteiger partial charge in [-0.15, -0.1) is 0 Å². The fraction of sp³-hybridized carbons (Fsp3) is 0.900. The minimum atomic E-state index is -0.0443. The average molecular weight is 172 g/mol. The molecule has 12 heavy (non-hydrogen) atoms. The Bertz CT molecular complexity index is 119. The Morgan fingerprint density at radius 1 is 1.42 bits per heavy atom. The van der Waals surface area contributed by atoms with Crippen molar-refractivity contribution < 1.29 is 9.53 Å². The molecular formula is C10H20O2. The zero-order valence-corrected chi connectivity index (χ0v) is 8.43. The van der Waals surface area contributed by atoms with Gasteiger partial charge in [0, 0.05) is 6.42 Å². The summed E-state index contributed by atoms with van der Waals surface area (Å²) in [5.41, 5.74) is 0. The molecular weight excluding hydrogens is 152 g/mol. The standard InChI is InChI=1S/C10H20O2/c1-4-5-8-12-10(11)7-6-9(2)3/h9H,4-8H2,1-3H3. The number of hydrogen-bond acceptors (Lipinski definition) is 2. The lowest BCUT2D eigenvalue weighted by molar-refractivity contribution is -0.144. The predicted octanol–water partition coefficient (Wildman–Crippen LogP) is 2.77. The van der Waals surface area contributed by atoms with Gasteiger partial charge >= 0.3 is 5.97 Å². The number of carbonyl (C=O) groups is 1. The van der Waals surface area contributed by atoms with Gasteiger partial charge in [-0.1, -0.05) is 27.2 Å². The summed E-state index contributed by atoms with van der Waals surface area (Å²) < 4.78 is 4.99. The minimum Gasteiger partial charge on any atom is -0.466 e. The van der Waals surface area contributed by atoms with E-state index < -0.39 is 0 Å². The van der Waals surface area contributed by atoms with E-state index in [1.54, 1.807) is 0 Å². The van der Waals surface area contributed by atoms with Gasteiger partial charge in [-0.25, -0.2) is 0 Å². The molecule has 2 nitrogen and oxygen atoms in total. The van der Waals surface area contributed by atoms with Gasteiger partial charge in [-0.2, -0.15) is 0 Å². The lowest BCUT2D eigenvalue weighted by Gasteiger charge is -2.05. The van der Waals surface area contributed by atoms with Gasteiger partial charge in [-0.05, 0) is 18.8 Å². The molecule has 0 fully saturated rings. The van der Waals surface area contributed by atoms with Crippen LogP contribution in [0.25, 0.3) is 0 Å². The van der Waals surface area contributed by atoms with Crippen LogP contribution < -0.4 is 0 Å². The van der Waals surface area contributed by atoms with Gasteiger partial charge in [0.15, 0.2) is 0 Å². The fourth-order valence-electron chi connectivity index (χ4n) is 0.809. The Balaban J connectivity index is 3.22. The van der Waals surface area contributed by atoms with E-state index in [9.17, 15) is 4.79 Å². The maximum absolute atomic E-state index is 11.0. The first-order chi connectivity index (χ1) is 5.66. The molecule has 0 aliphatic carbocycles. The number of rotatable bonds is 6. The lowest BCUT2D eigenvalue weighted by Crippen LogP contribution is -2.06. The van der Waals surface area contributed by atoms with Crippen molar-refractivity contribution in [2.24, 2.45) is 5.92 Å². The van der Waals surface area contributed by atoms with E-state index in [-0.39, 0.29) is 5.97 Å². The Morgan fingerprint density at radius 3 is 2.58 bits per heavy atom. The molecule has 0 N–H and O–H groups in total. The second-order valence-corrected chi connectivity index (χ2v) is 3.51. The Labute approximate surface area is 75.3 Å². The van der Waals surface area contributed by atoms with E-state index in [4.69, 9.17) is 4.74 Å². The molecule has 72 valence electrons. The van der Waals surface area contributed by atoms with Crippen molar-refractivity contribution in [2.45, 2.75) is 46.5 Å². The molecule has 0 rings (SSSR count). The van der Waals surface area contributed by atoms with Crippen molar-refractivity contribution in [3.8, 4) is 0 Å². The van der Waals surface area contributed by atoms with E-state index in [0.29, 0.717) is 18.9 Å². The van der Waals surface area contributed by atoms with Gasteiger partial charge in [0.05, 0.1) is 6.61 Å². The molecule has 0 atom stereocenters. The number of unbranched alkanes of at least 4 members (excludes halogenated alkanes) is 1. The molecule has 2 heteroatoms. The van der Waals surface area contributed by atoms with Crippen LogP contribution in [0, 0.1) is 5.92 Å². The van der Waals surface area contributed by atoms with Gasteiger partial charge in [0.25, 0.3) is 0 Å². The van der Waals surface area contributed by atoms with Crippen LogP contribution in [0.1, 0.15) is 46.5 Å². The van der Waals surface area contributed by atoms with Crippen LogP contribution in [0.2, 0.25) is 0 Å². The van der Waals surface area contributed by atoms with Crippen LogP contribution in [0.15, 0.2) is 0 Å². The number of carbonyl (C=O) groups excluding carboxylic acids is 1. The third-order valence-electron chi connectivity index (χ3n) is 1.69. The highest BCUT2D eigenvalue weighted by Gasteiger charge is 2.03. The second-order valence-electron chi connectivity index (χ2n) is 3.51. The first-order valence-corrected chi connectivity index (χ1v) is 4.82. The summed E-state index contributed by atoms with van der Waals surface area (Å²) in [5.74, 6) is 0.542. The monoisotopic (exact) mass is 172 g/mol. The third-order valence-corrected chi connectivity index (χ3v) is 1.69. The molecule has 0 radical (unpaired) electrons. The molecule has 0 heterocycles. The Morgan fingerprint density at radius 2 is 2.08 bits per heavy atom. The molecule has 0 unspecified atom stereocenters. The molecule has 0 aromatic heterocycles. The van der Waals surface area contributed by atoms with E-state index in [0.717, 1.165) is 19.3 Å². The molecule has 0 aromatic rings. The first-order valence-electron chi connectivity index (χ1n) is 4.82. The zero-order valence-electron chi connectivity index (χ0n) is 8.43. The normalized spacial score (nSPS) is 10.3. The fourth-order valence-corrected chi connectivity index (χ4v) is 0.809. The summed E-state index contributed by atoms with van der Waals surface area (Å²) in [4.78, 5) is 11.0. The average Bonchev–Trinajstić information content (AvgIpc) is 2.01. The van der Waals surface area contributed by atoms with Gasteiger partial charge < -0.3 is 4.74 Å². The van der Waals surface area contributed by atoms with Crippen LogP contribution >= 0.6 is 0 Å². The van der Waals surface area contributed by atoms with Crippen molar-refractivity contribution in [1.29, 1.82) is 0 Å². The van der Waals surface area contributed by atoms with E-state index in [2.05, 4.69) is 20.8 Å². The Kier molecular flexibility index (Phi) is 6.82. The quantitative estimate of drug-likeness (QED) is 0.455. The second kappa shape index (κ2) is 7.14. The van der Waals surface area contributed by atoms with E-state index >= 15 is 0 Å². The highest BCUT2D eigenvalue weighted by atomic mass is 16.5. The van der Waals surface area contributed by atoms with E-state index in [1.807, 2.05) is 0 Å². The number of hydrogen-bond donors (Lipinski definition) is 0. The summed E-state index contributed by atoms with van der Waals surface area (Å²) in [6, 6.07) is 0. The van der Waals surface area contributed by atoms with Crippen molar-refractivity contribution >= 4 is 5.97 Å². The minimum absolute atomic E-state index is 0.0443. The molecule has 0 aliphatic heterocycles. The maximum Gasteiger partial charge on any atom is 0.305 e. The van der Waals surface area contributed by atoms with Gasteiger partial charge in [0.2, 0.25) is 0 Å². The summed E-state index contributed by atoms with van der Waals surface area (Å²) in [6.07, 6.45) is 3.57. The molecule has 0 aliphatic rings. The van der Waals surface area contributed by atoms with Gasteiger partial charge in [0.1, 0.15) is 0 Å². The van der Waals surface area contributed by atoms with E-state index in [1.165, 1.54) is 0 Å². The summed E-state index contributed by atoms with van der Waals surface area (Å²) in [7, 11) is 0. The van der Waals surface area contributed by atoms with Crippen molar-refractivity contribution in [2.75, 3.05) is 6.61 Å². The lowest BCUT2D eigenvalue weighted by atomic mass is 10.1. The van der Waals surface area contributed by atoms with Gasteiger partial charge in [-0.3, -0.25) is 4.79 Å². The Hall–Kier alpha value is -0.530. The third kappa shape index (κ3) is 7.58. The topological polar surface area (TPSA) is 26.3 Å². The smallest absolute Gasteiger partial charge is 0.305 e. The van der Waals surface area contributed by atoms with Crippen LogP contribution in [0.4, 0.5) is 0 Å². The van der Waals surface area contributed by atoms with Crippen LogP contribution in [0.3, 0.4) is 0 Å².